The third-order valence-corrected chi connectivity index (χ3v) is 3.88. The summed E-state index contributed by atoms with van der Waals surface area (Å²) in [7, 11) is 0. The van der Waals surface area contributed by atoms with Crippen LogP contribution in [0.3, 0.4) is 0 Å². The summed E-state index contributed by atoms with van der Waals surface area (Å²) in [5, 5.41) is 5.46. The van der Waals surface area contributed by atoms with Crippen LogP contribution in [0.2, 0.25) is 0 Å². The lowest BCUT2D eigenvalue weighted by atomic mass is 10.1. The second-order valence-corrected chi connectivity index (χ2v) is 5.72. The molecule has 3 N–H and O–H groups in total. The smallest absolute Gasteiger partial charge is 0.340 e. The number of amides is 2. The molecule has 1 aromatic carbocycles. The average Bonchev–Trinajstić information content (AvgIpc) is 2.93. The molecule has 2 rings (SSSR count). The predicted octanol–water partition coefficient (Wildman–Crippen LogP) is 1.97. The van der Waals surface area contributed by atoms with E-state index >= 15 is 0 Å². The van der Waals surface area contributed by atoms with Gasteiger partial charge >= 0.3 is 5.97 Å². The van der Waals surface area contributed by atoms with Gasteiger partial charge in [0.25, 0.3) is 11.8 Å². The molecule has 7 nitrogen and oxygen atoms in total. The van der Waals surface area contributed by atoms with Crippen LogP contribution in [0.5, 0.6) is 0 Å². The number of benzene rings is 1. The third kappa shape index (κ3) is 4.50. The van der Waals surface area contributed by atoms with Crippen molar-refractivity contribution in [2.75, 3.05) is 19.7 Å². The van der Waals surface area contributed by atoms with Gasteiger partial charge in [-0.3, -0.25) is 9.59 Å². The summed E-state index contributed by atoms with van der Waals surface area (Å²) < 4.78 is 5.01. The van der Waals surface area contributed by atoms with Gasteiger partial charge in [0, 0.05) is 24.3 Å². The van der Waals surface area contributed by atoms with Gasteiger partial charge < -0.3 is 20.4 Å². The maximum Gasteiger partial charge on any atom is 0.340 e. The molecule has 0 fully saturated rings. The lowest BCUT2D eigenvalue weighted by Crippen LogP contribution is -2.35. The van der Waals surface area contributed by atoms with E-state index in [1.807, 2.05) is 6.07 Å². The van der Waals surface area contributed by atoms with Crippen molar-refractivity contribution < 1.29 is 19.1 Å². The van der Waals surface area contributed by atoms with Gasteiger partial charge in [-0.25, -0.2) is 4.79 Å². The maximum absolute atomic E-state index is 12.3. The molecular formula is C19H23N3O4. The molecular weight excluding hydrogens is 334 g/mol. The molecule has 0 atom stereocenters. The number of rotatable bonds is 7. The van der Waals surface area contributed by atoms with Crippen LogP contribution < -0.4 is 10.6 Å². The molecule has 0 radical (unpaired) electrons. The van der Waals surface area contributed by atoms with E-state index in [1.54, 1.807) is 45.0 Å². The minimum atomic E-state index is -0.451. The van der Waals surface area contributed by atoms with E-state index < -0.39 is 5.97 Å². The lowest BCUT2D eigenvalue weighted by molar-refractivity contribution is 0.0524. The molecule has 0 saturated carbocycles. The highest BCUT2D eigenvalue weighted by Gasteiger charge is 2.22. The topological polar surface area (TPSA) is 100 Å². The summed E-state index contributed by atoms with van der Waals surface area (Å²) in [6.07, 6.45) is 0. The molecule has 7 heteroatoms. The summed E-state index contributed by atoms with van der Waals surface area (Å²) in [4.78, 5) is 39.1. The van der Waals surface area contributed by atoms with Crippen LogP contribution in [0, 0.1) is 13.8 Å². The molecule has 26 heavy (non-hydrogen) atoms. The van der Waals surface area contributed by atoms with Crippen LogP contribution in [-0.4, -0.2) is 42.5 Å². The zero-order valence-electron chi connectivity index (χ0n) is 15.1. The van der Waals surface area contributed by atoms with Gasteiger partial charge in [0.2, 0.25) is 0 Å². The number of aromatic amines is 1. The Morgan fingerprint density at radius 1 is 1.00 bits per heavy atom. The first kappa shape index (κ1) is 19.2. The van der Waals surface area contributed by atoms with Crippen molar-refractivity contribution in [3.8, 4) is 0 Å². The number of esters is 1. The fourth-order valence-corrected chi connectivity index (χ4v) is 2.62. The monoisotopic (exact) mass is 357 g/mol. The summed E-state index contributed by atoms with van der Waals surface area (Å²) in [5.41, 5.74) is 2.40. The quantitative estimate of drug-likeness (QED) is 0.521. The fourth-order valence-electron chi connectivity index (χ4n) is 2.62. The standard InChI is InChI=1S/C19H23N3O4/c1-4-26-19(25)15-12(2)16(22-13(15)3)18(24)21-11-10-20-17(23)14-8-6-5-7-9-14/h5-9,22H,4,10-11H2,1-3H3,(H,20,23)(H,21,24). The summed E-state index contributed by atoms with van der Waals surface area (Å²) >= 11 is 0. The Hall–Kier alpha value is -3.09. The number of aromatic nitrogens is 1. The highest BCUT2D eigenvalue weighted by molar-refractivity contribution is 6.00. The van der Waals surface area contributed by atoms with Crippen molar-refractivity contribution >= 4 is 17.8 Å². The summed E-state index contributed by atoms with van der Waals surface area (Å²) in [5.74, 6) is -0.987. The SMILES string of the molecule is CCOC(=O)c1c(C)[nH]c(C(=O)NCCNC(=O)c2ccccc2)c1C. The van der Waals surface area contributed by atoms with Crippen molar-refractivity contribution in [2.45, 2.75) is 20.8 Å². The molecule has 1 aromatic heterocycles. The van der Waals surface area contributed by atoms with Gasteiger partial charge in [-0.15, -0.1) is 0 Å². The van der Waals surface area contributed by atoms with Crippen LogP contribution >= 0.6 is 0 Å². The zero-order chi connectivity index (χ0) is 19.1. The van der Waals surface area contributed by atoms with Crippen molar-refractivity contribution in [3.63, 3.8) is 0 Å². The molecule has 1 heterocycles. The first-order valence-corrected chi connectivity index (χ1v) is 8.43. The maximum atomic E-state index is 12.3. The third-order valence-electron chi connectivity index (χ3n) is 3.88. The Bertz CT molecular complexity index is 797. The number of hydrogen-bond donors (Lipinski definition) is 3. The second-order valence-electron chi connectivity index (χ2n) is 5.72. The summed E-state index contributed by atoms with van der Waals surface area (Å²) in [6.45, 7) is 5.97. The van der Waals surface area contributed by atoms with E-state index in [0.717, 1.165) is 0 Å². The van der Waals surface area contributed by atoms with Crippen molar-refractivity contribution in [1.82, 2.24) is 15.6 Å². The van der Waals surface area contributed by atoms with E-state index in [2.05, 4.69) is 15.6 Å². The Labute approximate surface area is 152 Å². The Morgan fingerprint density at radius 2 is 1.62 bits per heavy atom. The first-order chi connectivity index (χ1) is 12.5. The van der Waals surface area contributed by atoms with Crippen LogP contribution in [-0.2, 0) is 4.74 Å². The number of ether oxygens (including phenoxy) is 1. The minimum Gasteiger partial charge on any atom is -0.462 e. The number of hydrogen-bond acceptors (Lipinski definition) is 4. The van der Waals surface area contributed by atoms with Crippen LogP contribution in [0.15, 0.2) is 30.3 Å². The molecule has 0 aliphatic heterocycles. The molecule has 0 bridgehead atoms. The van der Waals surface area contributed by atoms with E-state index in [9.17, 15) is 14.4 Å². The van der Waals surface area contributed by atoms with Gasteiger partial charge in [0.05, 0.1) is 12.2 Å². The van der Waals surface area contributed by atoms with Crippen LogP contribution in [0.25, 0.3) is 0 Å². The molecule has 0 aliphatic rings. The first-order valence-electron chi connectivity index (χ1n) is 8.43. The van der Waals surface area contributed by atoms with Gasteiger partial charge in [0.15, 0.2) is 0 Å². The zero-order valence-corrected chi connectivity index (χ0v) is 15.1. The molecule has 0 aliphatic carbocycles. The summed E-state index contributed by atoms with van der Waals surface area (Å²) in [6, 6.07) is 8.84. The Morgan fingerprint density at radius 3 is 2.23 bits per heavy atom. The Kier molecular flexibility index (Phi) is 6.54. The Balaban J connectivity index is 1.89. The van der Waals surface area contributed by atoms with Gasteiger partial charge in [-0.1, -0.05) is 18.2 Å². The molecule has 0 spiro atoms. The van der Waals surface area contributed by atoms with Crippen molar-refractivity contribution in [3.05, 3.63) is 58.4 Å². The predicted molar refractivity (Wildman–Crippen MR) is 97.3 cm³/mol. The van der Waals surface area contributed by atoms with Crippen molar-refractivity contribution in [2.24, 2.45) is 0 Å². The molecule has 138 valence electrons. The van der Waals surface area contributed by atoms with Gasteiger partial charge in [0.1, 0.15) is 5.69 Å². The van der Waals surface area contributed by atoms with E-state index in [0.29, 0.717) is 34.6 Å². The largest absolute Gasteiger partial charge is 0.462 e. The lowest BCUT2D eigenvalue weighted by Gasteiger charge is -2.07. The average molecular weight is 357 g/mol. The number of nitrogens with one attached hydrogen (secondary N) is 3. The fraction of sp³-hybridized carbons (Fsp3) is 0.316. The van der Waals surface area contributed by atoms with E-state index in [1.165, 1.54) is 0 Å². The van der Waals surface area contributed by atoms with Gasteiger partial charge in [-0.05, 0) is 38.5 Å². The number of carbonyl (C=O) groups is 3. The molecule has 2 amide bonds. The molecule has 2 aromatic rings. The highest BCUT2D eigenvalue weighted by atomic mass is 16.5. The van der Waals surface area contributed by atoms with Crippen molar-refractivity contribution in [1.29, 1.82) is 0 Å². The normalized spacial score (nSPS) is 10.3. The van der Waals surface area contributed by atoms with Gasteiger partial charge in [-0.2, -0.15) is 0 Å². The minimum absolute atomic E-state index is 0.198. The number of H-pyrrole nitrogens is 1. The second kappa shape index (κ2) is 8.84. The van der Waals surface area contributed by atoms with E-state index in [4.69, 9.17) is 4.74 Å². The highest BCUT2D eigenvalue weighted by Crippen LogP contribution is 2.18. The van der Waals surface area contributed by atoms with Crippen LogP contribution in [0.1, 0.15) is 49.4 Å². The molecule has 0 unspecified atom stereocenters. The number of aryl methyl sites for hydroxylation is 1. The van der Waals surface area contributed by atoms with E-state index in [-0.39, 0.29) is 25.0 Å². The molecule has 0 saturated heterocycles. The van der Waals surface area contributed by atoms with Crippen LogP contribution in [0.4, 0.5) is 0 Å². The number of carbonyl (C=O) groups excluding carboxylic acids is 3.